The molecule has 1 saturated heterocycles. The maximum atomic E-state index is 12.6. The third-order valence-corrected chi connectivity index (χ3v) is 3.35. The van der Waals surface area contributed by atoms with Crippen LogP contribution in [0.2, 0.25) is 0 Å². The van der Waals surface area contributed by atoms with Crippen LogP contribution in [0.5, 0.6) is 0 Å². The monoisotopic (exact) mass is 302 g/mol. The van der Waals surface area contributed by atoms with E-state index in [9.17, 15) is 18.0 Å². The van der Waals surface area contributed by atoms with Gasteiger partial charge in [-0.05, 0) is 6.42 Å². The lowest BCUT2D eigenvalue weighted by atomic mass is 10.1. The Hall–Kier alpha value is -1.40. The Morgan fingerprint density at radius 1 is 1.05 bits per heavy atom. The lowest BCUT2D eigenvalue weighted by Gasteiger charge is -2.32. The van der Waals surface area contributed by atoms with Crippen molar-refractivity contribution in [2.45, 2.75) is 12.6 Å². The van der Waals surface area contributed by atoms with Crippen LogP contribution in [0, 0.1) is 0 Å². The molecule has 1 rings (SSSR count). The van der Waals surface area contributed by atoms with E-state index in [1.807, 2.05) is 0 Å². The van der Waals surface area contributed by atoms with Gasteiger partial charge in [-0.25, -0.2) is 0 Å². The second-order valence-corrected chi connectivity index (χ2v) is 4.87. The number of piperazine rings is 1. The van der Waals surface area contributed by atoms with Crippen molar-refractivity contribution in [1.82, 2.24) is 9.80 Å². The minimum absolute atomic E-state index is 0.138. The molecule has 0 amide bonds. The van der Waals surface area contributed by atoms with E-state index in [1.165, 1.54) is 0 Å². The lowest BCUT2D eigenvalue weighted by Crippen LogP contribution is -2.46. The van der Waals surface area contributed by atoms with E-state index in [0.717, 1.165) is 44.6 Å². The number of hydrogen-bond acceptors (Lipinski definition) is 3. The Balaban J connectivity index is 2.34. The van der Waals surface area contributed by atoms with Crippen molar-refractivity contribution in [3.63, 3.8) is 0 Å². The Labute approximate surface area is 123 Å². The minimum atomic E-state index is -4.31. The molecule has 0 aromatic carbocycles. The molecule has 0 saturated carbocycles. The molecule has 0 aromatic heterocycles. The molecule has 1 fully saturated rings. The third kappa shape index (κ3) is 6.73. The number of nitrogens with zero attached hydrogens (tertiary/aromatic N) is 2. The van der Waals surface area contributed by atoms with Crippen molar-refractivity contribution < 1.29 is 18.0 Å². The van der Waals surface area contributed by atoms with Gasteiger partial charge in [-0.3, -0.25) is 9.80 Å². The zero-order chi connectivity index (χ0) is 15.7. The zero-order valence-corrected chi connectivity index (χ0v) is 12.0. The lowest BCUT2D eigenvalue weighted by molar-refractivity contribution is -0.109. The van der Waals surface area contributed by atoms with Crippen LogP contribution in [0.25, 0.3) is 0 Å². The van der Waals surface area contributed by atoms with Crippen molar-refractivity contribution in [2.75, 3.05) is 39.3 Å². The number of halogens is 3. The van der Waals surface area contributed by atoms with Crippen molar-refractivity contribution in [2.24, 2.45) is 0 Å². The molecule has 0 radical (unpaired) electrons. The van der Waals surface area contributed by atoms with Gasteiger partial charge < -0.3 is 4.79 Å². The van der Waals surface area contributed by atoms with Gasteiger partial charge in [-0.2, -0.15) is 13.2 Å². The van der Waals surface area contributed by atoms with E-state index in [0.29, 0.717) is 13.1 Å². The molecule has 21 heavy (non-hydrogen) atoms. The van der Waals surface area contributed by atoms with Crippen molar-refractivity contribution >= 4 is 6.29 Å². The predicted octanol–water partition coefficient (Wildman–Crippen LogP) is 2.42. The van der Waals surface area contributed by atoms with Gasteiger partial charge in [0.2, 0.25) is 0 Å². The summed E-state index contributed by atoms with van der Waals surface area (Å²) >= 11 is 0. The van der Waals surface area contributed by atoms with Crippen LogP contribution in [-0.4, -0.2) is 61.5 Å². The summed E-state index contributed by atoms with van der Waals surface area (Å²) in [6, 6.07) is 0. The molecule has 0 bridgehead atoms. The highest BCUT2D eigenvalue weighted by atomic mass is 19.4. The summed E-state index contributed by atoms with van der Waals surface area (Å²) in [5, 5.41) is 0. The normalized spacial score (nSPS) is 19.1. The number of carbonyl (C=O) groups excluding carboxylic acids is 1. The number of rotatable bonds is 7. The summed E-state index contributed by atoms with van der Waals surface area (Å²) in [5.74, 6) is 0. The van der Waals surface area contributed by atoms with Crippen molar-refractivity contribution in [1.29, 1.82) is 0 Å². The number of alkyl halides is 3. The van der Waals surface area contributed by atoms with E-state index in [1.54, 1.807) is 12.2 Å². The quantitative estimate of drug-likeness (QED) is 0.410. The van der Waals surface area contributed by atoms with Crippen LogP contribution < -0.4 is 0 Å². The molecule has 0 spiro atoms. The molecule has 3 nitrogen and oxygen atoms in total. The fourth-order valence-electron chi connectivity index (χ4n) is 2.11. The topological polar surface area (TPSA) is 23.6 Å². The molecular formula is C15H21F3N2O. The first-order valence-corrected chi connectivity index (χ1v) is 6.89. The van der Waals surface area contributed by atoms with E-state index < -0.39 is 11.7 Å². The maximum absolute atomic E-state index is 12.6. The van der Waals surface area contributed by atoms with Crippen LogP contribution >= 0.6 is 0 Å². The first-order valence-electron chi connectivity index (χ1n) is 6.89. The zero-order valence-electron chi connectivity index (χ0n) is 12.0. The van der Waals surface area contributed by atoms with E-state index in [-0.39, 0.29) is 6.42 Å². The molecule has 118 valence electrons. The highest BCUT2D eigenvalue weighted by molar-refractivity contribution is 5.51. The number of carbonyl (C=O) groups is 1. The second-order valence-electron chi connectivity index (χ2n) is 4.87. The van der Waals surface area contributed by atoms with E-state index >= 15 is 0 Å². The minimum Gasteiger partial charge on any atom is -0.302 e. The number of aldehydes is 1. The van der Waals surface area contributed by atoms with Gasteiger partial charge in [0.05, 0.1) is 6.54 Å². The molecule has 0 atom stereocenters. The van der Waals surface area contributed by atoms with E-state index in [2.05, 4.69) is 16.4 Å². The summed E-state index contributed by atoms with van der Waals surface area (Å²) in [5.41, 5.74) is -0.593. The summed E-state index contributed by atoms with van der Waals surface area (Å²) < 4.78 is 37.8. The van der Waals surface area contributed by atoms with Crippen LogP contribution in [0.4, 0.5) is 13.2 Å². The summed E-state index contributed by atoms with van der Waals surface area (Å²) in [4.78, 5) is 14.6. The van der Waals surface area contributed by atoms with Crippen LogP contribution in [-0.2, 0) is 4.79 Å². The highest BCUT2D eigenvalue weighted by Crippen LogP contribution is 2.28. The van der Waals surface area contributed by atoms with Crippen molar-refractivity contribution in [3.05, 3.63) is 36.5 Å². The Morgan fingerprint density at radius 3 is 2.10 bits per heavy atom. The van der Waals surface area contributed by atoms with Gasteiger partial charge in [0.25, 0.3) is 0 Å². The SMILES string of the molecule is C=C/C=C(\C/C=C\CN1CCN(CC=O)CC1)C(F)(F)F. The Bertz CT molecular complexity index is 394. The standard InChI is InChI=1S/C15H21F3N2O/c1-2-5-14(15(16,17)18)6-3-4-7-19-8-10-20(11-9-19)12-13-21/h2-5,13H,1,6-12H2/b4-3-,14-5+. The number of allylic oxidation sites excluding steroid dienone is 4. The number of hydrogen-bond donors (Lipinski definition) is 0. The fraction of sp³-hybridized carbons (Fsp3) is 0.533. The van der Waals surface area contributed by atoms with Gasteiger partial charge in [-0.1, -0.05) is 30.9 Å². The Kier molecular flexibility index (Phi) is 7.39. The van der Waals surface area contributed by atoms with Crippen LogP contribution in [0.3, 0.4) is 0 Å². The predicted molar refractivity (Wildman–Crippen MR) is 77.0 cm³/mol. The molecule has 0 unspecified atom stereocenters. The van der Waals surface area contributed by atoms with Crippen LogP contribution in [0.1, 0.15) is 6.42 Å². The van der Waals surface area contributed by atoms with Gasteiger partial charge in [-0.15, -0.1) is 0 Å². The summed E-state index contributed by atoms with van der Waals surface area (Å²) in [6.07, 6.45) is 1.91. The smallest absolute Gasteiger partial charge is 0.302 e. The average molecular weight is 302 g/mol. The first kappa shape index (κ1) is 17.7. The molecular weight excluding hydrogens is 281 g/mol. The van der Waals surface area contributed by atoms with E-state index in [4.69, 9.17) is 0 Å². The largest absolute Gasteiger partial charge is 0.412 e. The molecule has 0 aliphatic carbocycles. The van der Waals surface area contributed by atoms with Gasteiger partial charge in [0.1, 0.15) is 6.29 Å². The maximum Gasteiger partial charge on any atom is 0.412 e. The molecule has 1 aliphatic rings. The Morgan fingerprint density at radius 2 is 1.62 bits per heavy atom. The summed E-state index contributed by atoms with van der Waals surface area (Å²) in [7, 11) is 0. The van der Waals surface area contributed by atoms with Gasteiger partial charge in [0.15, 0.2) is 0 Å². The van der Waals surface area contributed by atoms with Gasteiger partial charge >= 0.3 is 6.18 Å². The van der Waals surface area contributed by atoms with Crippen molar-refractivity contribution in [3.8, 4) is 0 Å². The highest BCUT2D eigenvalue weighted by Gasteiger charge is 2.31. The molecule has 6 heteroatoms. The molecule has 1 heterocycles. The summed E-state index contributed by atoms with van der Waals surface area (Å²) in [6.45, 7) is 7.67. The average Bonchev–Trinajstić information content (AvgIpc) is 2.43. The van der Waals surface area contributed by atoms with Gasteiger partial charge in [0, 0.05) is 38.3 Å². The first-order chi connectivity index (χ1) is 9.97. The molecule has 0 aromatic rings. The molecule has 1 aliphatic heterocycles. The fourth-order valence-corrected chi connectivity index (χ4v) is 2.11. The molecule has 0 N–H and O–H groups in total. The third-order valence-electron chi connectivity index (χ3n) is 3.35. The van der Waals surface area contributed by atoms with Crippen LogP contribution in [0.15, 0.2) is 36.5 Å². The second kappa shape index (κ2) is 8.79.